The Morgan fingerprint density at radius 2 is 2.19 bits per heavy atom. The van der Waals surface area contributed by atoms with Crippen molar-refractivity contribution in [1.82, 2.24) is 5.32 Å². The molecule has 1 aromatic heterocycles. The van der Waals surface area contributed by atoms with Gasteiger partial charge in [0.15, 0.2) is 0 Å². The van der Waals surface area contributed by atoms with Crippen LogP contribution in [0.2, 0.25) is 0 Å². The Bertz CT molecular complexity index is 285. The molecule has 0 bridgehead atoms. The van der Waals surface area contributed by atoms with Crippen LogP contribution in [0.4, 0.5) is 0 Å². The van der Waals surface area contributed by atoms with E-state index in [-0.39, 0.29) is 0 Å². The van der Waals surface area contributed by atoms with Gasteiger partial charge in [0.2, 0.25) is 0 Å². The first-order valence-corrected chi connectivity index (χ1v) is 6.98. The predicted molar refractivity (Wildman–Crippen MR) is 71.5 cm³/mol. The van der Waals surface area contributed by atoms with Crippen molar-refractivity contribution in [3.63, 3.8) is 0 Å². The van der Waals surface area contributed by atoms with Gasteiger partial charge in [0, 0.05) is 6.04 Å². The molecule has 0 aliphatic heterocycles. The zero-order valence-electron chi connectivity index (χ0n) is 10.3. The summed E-state index contributed by atoms with van der Waals surface area (Å²) in [5.41, 5.74) is 0. The van der Waals surface area contributed by atoms with Gasteiger partial charge in [0.25, 0.3) is 0 Å². The quantitative estimate of drug-likeness (QED) is 0.713. The van der Waals surface area contributed by atoms with Gasteiger partial charge >= 0.3 is 0 Å². The lowest BCUT2D eigenvalue weighted by atomic mass is 10.1. The number of nitrogens with one attached hydrogen (secondary N) is 1. The topological polar surface area (TPSA) is 25.2 Å². The molecule has 1 unspecified atom stereocenters. The van der Waals surface area contributed by atoms with E-state index in [4.69, 9.17) is 4.42 Å². The maximum absolute atomic E-state index is 5.35. The minimum atomic E-state index is 0.564. The van der Waals surface area contributed by atoms with E-state index < -0.39 is 0 Å². The first kappa shape index (κ1) is 13.8. The van der Waals surface area contributed by atoms with E-state index in [1.165, 1.54) is 32.1 Å². The molecule has 0 aromatic carbocycles. The first-order chi connectivity index (χ1) is 7.74. The molecule has 1 atom stereocenters. The monoisotopic (exact) mass is 287 g/mol. The van der Waals surface area contributed by atoms with Crippen LogP contribution in [0.1, 0.15) is 51.7 Å². The number of furan rings is 1. The number of hydrogen-bond donors (Lipinski definition) is 1. The van der Waals surface area contributed by atoms with Gasteiger partial charge in [-0.2, -0.15) is 0 Å². The van der Waals surface area contributed by atoms with Crippen molar-refractivity contribution in [2.24, 2.45) is 0 Å². The first-order valence-electron chi connectivity index (χ1n) is 6.19. The fourth-order valence-corrected chi connectivity index (χ4v) is 2.04. The van der Waals surface area contributed by atoms with Gasteiger partial charge in [-0.1, -0.05) is 32.6 Å². The minimum absolute atomic E-state index is 0.564. The van der Waals surface area contributed by atoms with Crippen molar-refractivity contribution in [1.29, 1.82) is 0 Å². The molecule has 0 spiro atoms. The molecule has 0 aliphatic carbocycles. The third-order valence-electron chi connectivity index (χ3n) is 2.79. The Balaban J connectivity index is 2.10. The van der Waals surface area contributed by atoms with E-state index in [0.29, 0.717) is 6.04 Å². The summed E-state index contributed by atoms with van der Waals surface area (Å²) in [7, 11) is 0. The van der Waals surface area contributed by atoms with Crippen LogP contribution in [0.5, 0.6) is 0 Å². The van der Waals surface area contributed by atoms with Gasteiger partial charge in [-0.25, -0.2) is 0 Å². The van der Waals surface area contributed by atoms with Crippen LogP contribution >= 0.6 is 15.9 Å². The summed E-state index contributed by atoms with van der Waals surface area (Å²) in [4.78, 5) is 0. The lowest BCUT2D eigenvalue weighted by Gasteiger charge is -2.12. The molecule has 16 heavy (non-hydrogen) atoms. The largest absolute Gasteiger partial charge is 0.467 e. The maximum atomic E-state index is 5.35. The van der Waals surface area contributed by atoms with Crippen molar-refractivity contribution in [3.8, 4) is 0 Å². The number of rotatable bonds is 8. The van der Waals surface area contributed by atoms with Gasteiger partial charge in [0.05, 0.1) is 17.3 Å². The molecule has 0 saturated heterocycles. The molecular formula is C13H22BrNO. The molecule has 0 fully saturated rings. The molecule has 1 aromatic rings. The molecule has 1 heterocycles. The Morgan fingerprint density at radius 1 is 1.38 bits per heavy atom. The van der Waals surface area contributed by atoms with Gasteiger partial charge < -0.3 is 9.73 Å². The molecule has 0 saturated carbocycles. The average molecular weight is 288 g/mol. The van der Waals surface area contributed by atoms with Crippen LogP contribution in [-0.2, 0) is 6.54 Å². The van der Waals surface area contributed by atoms with Crippen molar-refractivity contribution in [2.75, 3.05) is 0 Å². The Kier molecular flexibility index (Phi) is 6.81. The SMILES string of the molecule is CCCCCCC(C)NCc1occc1Br. The molecule has 3 heteroatoms. The van der Waals surface area contributed by atoms with Crippen molar-refractivity contribution in [2.45, 2.75) is 58.5 Å². The van der Waals surface area contributed by atoms with Crippen molar-refractivity contribution >= 4 is 15.9 Å². The second-order valence-electron chi connectivity index (χ2n) is 4.32. The lowest BCUT2D eigenvalue weighted by molar-refractivity contribution is 0.431. The van der Waals surface area contributed by atoms with Gasteiger partial charge in [-0.15, -0.1) is 0 Å². The smallest absolute Gasteiger partial charge is 0.131 e. The van der Waals surface area contributed by atoms with Crippen LogP contribution < -0.4 is 5.32 Å². The van der Waals surface area contributed by atoms with E-state index >= 15 is 0 Å². The summed E-state index contributed by atoms with van der Waals surface area (Å²) in [6, 6.07) is 2.50. The van der Waals surface area contributed by atoms with Crippen molar-refractivity contribution in [3.05, 3.63) is 22.6 Å². The third kappa shape index (κ3) is 5.17. The molecule has 0 radical (unpaired) electrons. The van der Waals surface area contributed by atoms with E-state index in [9.17, 15) is 0 Å². The van der Waals surface area contributed by atoms with Crippen LogP contribution in [0.15, 0.2) is 21.2 Å². The van der Waals surface area contributed by atoms with Crippen LogP contribution in [0.3, 0.4) is 0 Å². The summed E-state index contributed by atoms with van der Waals surface area (Å²) in [6.07, 6.45) is 8.30. The number of hydrogen-bond acceptors (Lipinski definition) is 2. The van der Waals surface area contributed by atoms with Gasteiger partial charge in [0.1, 0.15) is 5.76 Å². The van der Waals surface area contributed by atoms with Gasteiger partial charge in [-0.05, 0) is 35.3 Å². The summed E-state index contributed by atoms with van der Waals surface area (Å²) in [6.45, 7) is 5.29. The molecule has 2 nitrogen and oxygen atoms in total. The second-order valence-corrected chi connectivity index (χ2v) is 5.18. The molecule has 1 rings (SSSR count). The fraction of sp³-hybridized carbons (Fsp3) is 0.692. The van der Waals surface area contributed by atoms with Crippen LogP contribution in [-0.4, -0.2) is 6.04 Å². The van der Waals surface area contributed by atoms with E-state index in [1.807, 2.05) is 6.07 Å². The third-order valence-corrected chi connectivity index (χ3v) is 3.50. The van der Waals surface area contributed by atoms with E-state index in [1.54, 1.807) is 6.26 Å². The highest BCUT2D eigenvalue weighted by molar-refractivity contribution is 9.10. The second kappa shape index (κ2) is 7.91. The number of halogens is 1. The van der Waals surface area contributed by atoms with E-state index in [2.05, 4.69) is 35.1 Å². The highest BCUT2D eigenvalue weighted by Gasteiger charge is 2.05. The Labute approximate surface area is 107 Å². The number of unbranched alkanes of at least 4 members (excludes halogenated alkanes) is 3. The van der Waals surface area contributed by atoms with Crippen LogP contribution in [0.25, 0.3) is 0 Å². The Hall–Kier alpha value is -0.280. The highest BCUT2D eigenvalue weighted by Crippen LogP contribution is 2.17. The standard InChI is InChI=1S/C13H22BrNO/c1-3-4-5-6-7-11(2)15-10-13-12(14)8-9-16-13/h8-9,11,15H,3-7,10H2,1-2H3. The molecule has 92 valence electrons. The fourth-order valence-electron chi connectivity index (χ4n) is 1.70. The van der Waals surface area contributed by atoms with Gasteiger partial charge in [-0.3, -0.25) is 0 Å². The zero-order valence-corrected chi connectivity index (χ0v) is 11.8. The van der Waals surface area contributed by atoms with Crippen LogP contribution in [0, 0.1) is 0 Å². The Morgan fingerprint density at radius 3 is 2.81 bits per heavy atom. The van der Waals surface area contributed by atoms with E-state index in [0.717, 1.165) is 16.8 Å². The molecular weight excluding hydrogens is 266 g/mol. The molecule has 0 aliphatic rings. The highest BCUT2D eigenvalue weighted by atomic mass is 79.9. The summed E-state index contributed by atoms with van der Waals surface area (Å²) in [5, 5.41) is 3.48. The minimum Gasteiger partial charge on any atom is -0.467 e. The normalized spacial score (nSPS) is 12.9. The zero-order chi connectivity index (χ0) is 11.8. The lowest BCUT2D eigenvalue weighted by Crippen LogP contribution is -2.25. The molecule has 1 N–H and O–H groups in total. The molecule has 0 amide bonds. The maximum Gasteiger partial charge on any atom is 0.131 e. The summed E-state index contributed by atoms with van der Waals surface area (Å²) < 4.78 is 6.40. The average Bonchev–Trinajstić information content (AvgIpc) is 2.67. The summed E-state index contributed by atoms with van der Waals surface area (Å²) >= 11 is 3.46. The van der Waals surface area contributed by atoms with Crippen molar-refractivity contribution < 1.29 is 4.42 Å². The summed E-state index contributed by atoms with van der Waals surface area (Å²) in [5.74, 6) is 0.986. The predicted octanol–water partition coefficient (Wildman–Crippen LogP) is 4.49.